The summed E-state index contributed by atoms with van der Waals surface area (Å²) in [7, 11) is 0. The van der Waals surface area contributed by atoms with E-state index in [4.69, 9.17) is 0 Å². The standard InChI is InChI=1S/C41H81N2/c1-4-7-10-13-16-18-20-22-24-26-29-32-35-38-43-40-39-42(41(43)36-33-30-27-15-12-9-6-3)37-34-31-28-25-23-21-19-17-14-11-8-5-2/h39-40H,4-38H2,1-3H3/q+1. The van der Waals surface area contributed by atoms with E-state index in [9.17, 15) is 0 Å². The lowest BCUT2D eigenvalue weighted by molar-refractivity contribution is -0.704. The first-order valence-electron chi connectivity index (χ1n) is 20.4. The lowest BCUT2D eigenvalue weighted by Crippen LogP contribution is -2.37. The summed E-state index contributed by atoms with van der Waals surface area (Å²) in [6, 6.07) is 0. The van der Waals surface area contributed by atoms with Gasteiger partial charge in [0.15, 0.2) is 0 Å². The normalized spacial score (nSPS) is 11.6. The predicted molar refractivity (Wildman–Crippen MR) is 193 cm³/mol. The number of imidazole rings is 1. The third-order valence-corrected chi connectivity index (χ3v) is 9.85. The number of aryl methyl sites for hydroxylation is 2. The molecule has 43 heavy (non-hydrogen) atoms. The number of rotatable bonds is 35. The number of unbranched alkanes of at least 4 members (excludes halogenated alkanes) is 29. The van der Waals surface area contributed by atoms with Crippen LogP contribution in [0.3, 0.4) is 0 Å². The fraction of sp³-hybridized carbons (Fsp3) is 0.927. The van der Waals surface area contributed by atoms with Gasteiger partial charge in [-0.05, 0) is 32.1 Å². The lowest BCUT2D eigenvalue weighted by Gasteiger charge is -2.07. The zero-order valence-corrected chi connectivity index (χ0v) is 30.3. The Kier molecular flexibility index (Phi) is 30.5. The predicted octanol–water partition coefficient (Wildman–Crippen LogP) is 13.9. The van der Waals surface area contributed by atoms with E-state index in [-0.39, 0.29) is 0 Å². The van der Waals surface area contributed by atoms with Gasteiger partial charge in [-0.25, -0.2) is 9.13 Å². The molecule has 1 rings (SSSR count). The fourth-order valence-corrected chi connectivity index (χ4v) is 6.86. The zero-order chi connectivity index (χ0) is 30.9. The van der Waals surface area contributed by atoms with Gasteiger partial charge in [-0.2, -0.15) is 0 Å². The maximum Gasteiger partial charge on any atom is 0.256 e. The van der Waals surface area contributed by atoms with E-state index >= 15 is 0 Å². The summed E-state index contributed by atoms with van der Waals surface area (Å²) in [5, 5.41) is 0. The van der Waals surface area contributed by atoms with Gasteiger partial charge in [-0.15, -0.1) is 0 Å². The largest absolute Gasteiger partial charge is 0.256 e. The monoisotopic (exact) mass is 602 g/mol. The molecule has 0 unspecified atom stereocenters. The van der Waals surface area contributed by atoms with Crippen LogP contribution in [0.5, 0.6) is 0 Å². The molecular formula is C41H81N2+. The minimum absolute atomic E-state index is 1.23. The molecule has 2 nitrogen and oxygen atoms in total. The van der Waals surface area contributed by atoms with Crippen molar-refractivity contribution in [2.75, 3.05) is 0 Å². The minimum atomic E-state index is 1.23. The average Bonchev–Trinajstić information content (AvgIpc) is 3.40. The van der Waals surface area contributed by atoms with Gasteiger partial charge in [0.1, 0.15) is 12.4 Å². The van der Waals surface area contributed by atoms with E-state index in [1.54, 1.807) is 5.82 Å². The van der Waals surface area contributed by atoms with Crippen LogP contribution in [-0.2, 0) is 19.5 Å². The molecule has 0 saturated heterocycles. The maximum atomic E-state index is 2.64. The Labute approximate surface area is 272 Å². The van der Waals surface area contributed by atoms with Crippen molar-refractivity contribution in [1.82, 2.24) is 4.57 Å². The van der Waals surface area contributed by atoms with Gasteiger partial charge >= 0.3 is 0 Å². The van der Waals surface area contributed by atoms with E-state index in [0.29, 0.717) is 0 Å². The van der Waals surface area contributed by atoms with Crippen LogP contribution in [0.4, 0.5) is 0 Å². The molecule has 0 aliphatic heterocycles. The Balaban J connectivity index is 2.25. The number of hydrogen-bond acceptors (Lipinski definition) is 0. The van der Waals surface area contributed by atoms with Crippen molar-refractivity contribution in [3.8, 4) is 0 Å². The molecular weight excluding hydrogens is 520 g/mol. The first-order chi connectivity index (χ1) is 21.3. The SMILES string of the molecule is CCCCCCCCCCCCCCC[n+]1ccn(CCCCCCCCCCCCCC)c1CCCCCCCCC. The molecule has 0 bridgehead atoms. The Hall–Kier alpha value is -0.790. The Morgan fingerprint density at radius 1 is 0.395 bits per heavy atom. The van der Waals surface area contributed by atoms with Crippen LogP contribution in [0.25, 0.3) is 0 Å². The molecule has 0 aliphatic rings. The van der Waals surface area contributed by atoms with Crippen LogP contribution in [0, 0.1) is 0 Å². The van der Waals surface area contributed by atoms with Gasteiger partial charge < -0.3 is 0 Å². The quantitative estimate of drug-likeness (QED) is 0.0540. The van der Waals surface area contributed by atoms with Gasteiger partial charge in [0, 0.05) is 6.42 Å². The smallest absolute Gasteiger partial charge is 0.234 e. The molecule has 0 N–H and O–H groups in total. The van der Waals surface area contributed by atoms with Crippen molar-refractivity contribution in [2.24, 2.45) is 0 Å². The lowest BCUT2D eigenvalue weighted by atomic mass is 10.0. The number of hydrogen-bond donors (Lipinski definition) is 0. The number of aromatic nitrogens is 2. The molecule has 0 saturated carbocycles. The molecule has 0 atom stereocenters. The molecule has 2 heteroatoms. The fourth-order valence-electron chi connectivity index (χ4n) is 6.86. The highest BCUT2D eigenvalue weighted by molar-refractivity contribution is 4.84. The van der Waals surface area contributed by atoms with Crippen LogP contribution >= 0.6 is 0 Å². The number of nitrogens with zero attached hydrogens (tertiary/aromatic N) is 2. The summed E-state index contributed by atoms with van der Waals surface area (Å²) in [6.45, 7) is 9.41. The molecule has 254 valence electrons. The third-order valence-electron chi connectivity index (χ3n) is 9.85. The summed E-state index contributed by atoms with van der Waals surface area (Å²) in [5.74, 6) is 1.62. The van der Waals surface area contributed by atoms with Crippen LogP contribution in [0.15, 0.2) is 12.4 Å². The minimum Gasteiger partial charge on any atom is -0.234 e. The molecule has 0 spiro atoms. The Morgan fingerprint density at radius 3 is 1.12 bits per heavy atom. The highest BCUT2D eigenvalue weighted by atomic mass is 15.1. The van der Waals surface area contributed by atoms with Crippen molar-refractivity contribution in [1.29, 1.82) is 0 Å². The van der Waals surface area contributed by atoms with Crippen molar-refractivity contribution in [3.63, 3.8) is 0 Å². The van der Waals surface area contributed by atoms with E-state index < -0.39 is 0 Å². The van der Waals surface area contributed by atoms with Gasteiger partial charge in [0.25, 0.3) is 5.82 Å². The molecule has 1 aromatic rings. The molecule has 1 heterocycles. The van der Waals surface area contributed by atoms with E-state index in [0.717, 1.165) is 0 Å². The summed E-state index contributed by atoms with van der Waals surface area (Å²) >= 11 is 0. The van der Waals surface area contributed by atoms with Crippen LogP contribution in [0.1, 0.15) is 232 Å². The van der Waals surface area contributed by atoms with Crippen LogP contribution in [0.2, 0.25) is 0 Å². The highest BCUT2D eigenvalue weighted by Crippen LogP contribution is 2.15. The second-order valence-corrected chi connectivity index (χ2v) is 14.1. The zero-order valence-electron chi connectivity index (χ0n) is 30.3. The molecule has 0 fully saturated rings. The van der Waals surface area contributed by atoms with Gasteiger partial charge in [-0.3, -0.25) is 0 Å². The summed E-state index contributed by atoms with van der Waals surface area (Å²) in [6.07, 6.45) is 51.9. The van der Waals surface area contributed by atoms with Crippen molar-refractivity contribution in [2.45, 2.75) is 246 Å². The second kappa shape index (κ2) is 32.6. The van der Waals surface area contributed by atoms with Crippen LogP contribution < -0.4 is 4.57 Å². The Bertz CT molecular complexity index is 663. The van der Waals surface area contributed by atoms with Crippen molar-refractivity contribution >= 4 is 0 Å². The van der Waals surface area contributed by atoms with E-state index in [2.05, 4.69) is 42.3 Å². The van der Waals surface area contributed by atoms with Crippen molar-refractivity contribution in [3.05, 3.63) is 18.2 Å². The van der Waals surface area contributed by atoms with E-state index in [1.807, 2.05) is 0 Å². The Morgan fingerprint density at radius 2 is 0.721 bits per heavy atom. The van der Waals surface area contributed by atoms with E-state index in [1.165, 1.54) is 225 Å². The molecule has 0 aromatic carbocycles. The van der Waals surface area contributed by atoms with Gasteiger partial charge in [0.05, 0.1) is 13.1 Å². The second-order valence-electron chi connectivity index (χ2n) is 14.1. The summed E-state index contributed by atoms with van der Waals surface area (Å²) in [4.78, 5) is 0. The van der Waals surface area contributed by atoms with Crippen LogP contribution in [-0.4, -0.2) is 4.57 Å². The first kappa shape index (κ1) is 40.2. The van der Waals surface area contributed by atoms with Gasteiger partial charge in [-0.1, -0.05) is 194 Å². The molecule has 0 amide bonds. The average molecular weight is 602 g/mol. The molecule has 0 aliphatic carbocycles. The first-order valence-corrected chi connectivity index (χ1v) is 20.4. The topological polar surface area (TPSA) is 8.81 Å². The van der Waals surface area contributed by atoms with Crippen molar-refractivity contribution < 1.29 is 4.57 Å². The maximum absolute atomic E-state index is 2.64. The summed E-state index contributed by atoms with van der Waals surface area (Å²) < 4.78 is 5.27. The highest BCUT2D eigenvalue weighted by Gasteiger charge is 2.16. The molecule has 0 radical (unpaired) electrons. The third kappa shape index (κ3) is 25.1. The molecule has 1 aromatic heterocycles. The van der Waals surface area contributed by atoms with Gasteiger partial charge in [0.2, 0.25) is 0 Å². The summed E-state index contributed by atoms with van der Waals surface area (Å²) in [5.41, 5.74) is 0.